The van der Waals surface area contributed by atoms with Crippen LogP contribution in [0.15, 0.2) is 54.6 Å². The van der Waals surface area contributed by atoms with Gasteiger partial charge in [0.1, 0.15) is 5.60 Å². The molecule has 0 heterocycles. The van der Waals surface area contributed by atoms with Crippen LogP contribution in [0.1, 0.15) is 12.0 Å². The van der Waals surface area contributed by atoms with Crippen LogP contribution < -0.4 is 10.5 Å². The Balaban J connectivity index is 2.00. The summed E-state index contributed by atoms with van der Waals surface area (Å²) in [6.45, 7) is 0.265. The number of halogens is 1. The van der Waals surface area contributed by atoms with Crippen molar-refractivity contribution in [3.63, 3.8) is 0 Å². The van der Waals surface area contributed by atoms with Crippen LogP contribution in [0.4, 0.5) is 4.39 Å². The lowest BCUT2D eigenvalue weighted by Crippen LogP contribution is -2.36. The number of rotatable bonds is 6. The molecule has 0 radical (unpaired) electrons. The molecule has 2 rings (SSSR count). The maximum absolute atomic E-state index is 13.4. The molecule has 0 bridgehead atoms. The first kappa shape index (κ1) is 14.5. The minimum absolute atomic E-state index is 0.0810. The normalized spacial score (nSPS) is 13.8. The smallest absolute Gasteiger partial charge is 0.165 e. The van der Waals surface area contributed by atoms with Gasteiger partial charge in [-0.05, 0) is 17.7 Å². The predicted molar refractivity (Wildman–Crippen MR) is 75.9 cm³/mol. The number of hydrogen-bond donors (Lipinski definition) is 2. The largest absolute Gasteiger partial charge is 0.490 e. The summed E-state index contributed by atoms with van der Waals surface area (Å²) in [5.74, 6) is -0.233. The topological polar surface area (TPSA) is 55.5 Å². The van der Waals surface area contributed by atoms with Crippen LogP contribution in [0.2, 0.25) is 0 Å². The second kappa shape index (κ2) is 6.50. The van der Waals surface area contributed by atoms with Gasteiger partial charge in [0.15, 0.2) is 11.6 Å². The molecular weight excluding hydrogens is 257 g/mol. The zero-order valence-corrected chi connectivity index (χ0v) is 11.1. The zero-order chi connectivity index (χ0) is 14.4. The molecule has 0 saturated heterocycles. The lowest BCUT2D eigenvalue weighted by atomic mass is 9.91. The monoisotopic (exact) mass is 275 g/mol. The van der Waals surface area contributed by atoms with E-state index in [9.17, 15) is 9.50 Å². The van der Waals surface area contributed by atoms with Crippen LogP contribution in [-0.2, 0) is 5.60 Å². The number of nitrogens with two attached hydrogens (primary N) is 1. The molecule has 0 aromatic heterocycles. The summed E-state index contributed by atoms with van der Waals surface area (Å²) in [7, 11) is 0. The minimum Gasteiger partial charge on any atom is -0.490 e. The van der Waals surface area contributed by atoms with Gasteiger partial charge in [-0.2, -0.15) is 0 Å². The van der Waals surface area contributed by atoms with E-state index >= 15 is 0 Å². The maximum atomic E-state index is 13.4. The van der Waals surface area contributed by atoms with Crippen molar-refractivity contribution in [2.24, 2.45) is 5.73 Å². The summed E-state index contributed by atoms with van der Waals surface area (Å²) in [6, 6.07) is 15.4. The fourth-order valence-electron chi connectivity index (χ4n) is 2.00. The molecular formula is C16H18FNO2. The molecule has 1 unspecified atom stereocenters. The molecule has 0 amide bonds. The molecule has 0 aliphatic carbocycles. The van der Waals surface area contributed by atoms with E-state index in [1.165, 1.54) is 6.07 Å². The number of hydrogen-bond acceptors (Lipinski definition) is 3. The number of aliphatic hydroxyl groups is 1. The van der Waals surface area contributed by atoms with Gasteiger partial charge in [-0.15, -0.1) is 0 Å². The van der Waals surface area contributed by atoms with E-state index in [0.29, 0.717) is 6.42 Å². The molecule has 2 aromatic carbocycles. The second-order valence-corrected chi connectivity index (χ2v) is 4.63. The maximum Gasteiger partial charge on any atom is 0.165 e. The minimum atomic E-state index is -1.16. The molecule has 0 aliphatic rings. The molecule has 20 heavy (non-hydrogen) atoms. The first-order valence-electron chi connectivity index (χ1n) is 6.51. The summed E-state index contributed by atoms with van der Waals surface area (Å²) in [5.41, 5.74) is 5.24. The number of benzene rings is 2. The second-order valence-electron chi connectivity index (χ2n) is 4.63. The SMILES string of the molecule is NCC(O)(CCOc1ccccc1F)c1ccccc1. The van der Waals surface area contributed by atoms with Crippen molar-refractivity contribution in [3.8, 4) is 5.75 Å². The highest BCUT2D eigenvalue weighted by Gasteiger charge is 2.27. The quantitative estimate of drug-likeness (QED) is 0.851. The first-order valence-corrected chi connectivity index (χ1v) is 6.51. The zero-order valence-electron chi connectivity index (χ0n) is 11.1. The average molecular weight is 275 g/mol. The van der Waals surface area contributed by atoms with Crippen LogP contribution in [0.25, 0.3) is 0 Å². The standard InChI is InChI=1S/C16H18FNO2/c17-14-8-4-5-9-15(14)20-11-10-16(19,12-18)13-6-2-1-3-7-13/h1-9,19H,10-12,18H2. The highest BCUT2D eigenvalue weighted by molar-refractivity contribution is 5.24. The van der Waals surface area contributed by atoms with Crippen molar-refractivity contribution in [2.45, 2.75) is 12.0 Å². The van der Waals surface area contributed by atoms with Crippen molar-refractivity contribution in [2.75, 3.05) is 13.2 Å². The third kappa shape index (κ3) is 3.35. The summed E-state index contributed by atoms with van der Waals surface area (Å²) >= 11 is 0. The van der Waals surface area contributed by atoms with Gasteiger partial charge in [0, 0.05) is 13.0 Å². The molecule has 4 heteroatoms. The third-order valence-corrected chi connectivity index (χ3v) is 3.26. The number of para-hydroxylation sites is 1. The Labute approximate surface area is 117 Å². The molecule has 2 aromatic rings. The van der Waals surface area contributed by atoms with E-state index in [4.69, 9.17) is 10.5 Å². The molecule has 3 nitrogen and oxygen atoms in total. The van der Waals surface area contributed by atoms with Crippen LogP contribution in [0, 0.1) is 5.82 Å². The van der Waals surface area contributed by atoms with Crippen molar-refractivity contribution in [3.05, 3.63) is 66.0 Å². The third-order valence-electron chi connectivity index (χ3n) is 3.26. The molecule has 106 valence electrons. The van der Waals surface area contributed by atoms with E-state index in [2.05, 4.69) is 0 Å². The van der Waals surface area contributed by atoms with E-state index < -0.39 is 11.4 Å². The summed E-state index contributed by atoms with van der Waals surface area (Å²) in [5, 5.41) is 10.5. The Hall–Kier alpha value is -1.91. The van der Waals surface area contributed by atoms with E-state index in [1.807, 2.05) is 30.3 Å². The van der Waals surface area contributed by atoms with Crippen LogP contribution in [0.3, 0.4) is 0 Å². The van der Waals surface area contributed by atoms with Gasteiger partial charge in [0.2, 0.25) is 0 Å². The lowest BCUT2D eigenvalue weighted by molar-refractivity contribution is 0.0228. The fraction of sp³-hybridized carbons (Fsp3) is 0.250. The fourth-order valence-corrected chi connectivity index (χ4v) is 2.00. The van der Waals surface area contributed by atoms with Gasteiger partial charge < -0.3 is 15.6 Å². The molecule has 0 saturated carbocycles. The Morgan fingerprint density at radius 2 is 1.70 bits per heavy atom. The van der Waals surface area contributed by atoms with Crippen molar-refractivity contribution >= 4 is 0 Å². The van der Waals surface area contributed by atoms with Gasteiger partial charge in [-0.3, -0.25) is 0 Å². The molecule has 1 atom stereocenters. The molecule has 3 N–H and O–H groups in total. The molecule has 0 fully saturated rings. The van der Waals surface area contributed by atoms with Gasteiger partial charge in [0.25, 0.3) is 0 Å². The van der Waals surface area contributed by atoms with Crippen molar-refractivity contribution < 1.29 is 14.2 Å². The van der Waals surface area contributed by atoms with E-state index in [-0.39, 0.29) is 18.9 Å². The Morgan fingerprint density at radius 3 is 2.35 bits per heavy atom. The number of ether oxygens (including phenoxy) is 1. The van der Waals surface area contributed by atoms with Crippen molar-refractivity contribution in [1.29, 1.82) is 0 Å². The predicted octanol–water partition coefficient (Wildman–Crippen LogP) is 2.44. The Bertz CT molecular complexity index is 547. The summed E-state index contributed by atoms with van der Waals surface area (Å²) < 4.78 is 18.8. The van der Waals surface area contributed by atoms with E-state index in [1.54, 1.807) is 18.2 Å². The average Bonchev–Trinajstić information content (AvgIpc) is 2.50. The van der Waals surface area contributed by atoms with Gasteiger partial charge in [-0.25, -0.2) is 4.39 Å². The highest BCUT2D eigenvalue weighted by atomic mass is 19.1. The lowest BCUT2D eigenvalue weighted by Gasteiger charge is -2.27. The summed E-state index contributed by atoms with van der Waals surface area (Å²) in [6.07, 6.45) is 0.293. The van der Waals surface area contributed by atoms with Crippen LogP contribution >= 0.6 is 0 Å². The van der Waals surface area contributed by atoms with Gasteiger partial charge >= 0.3 is 0 Å². The van der Waals surface area contributed by atoms with Gasteiger partial charge in [0.05, 0.1) is 6.61 Å². The van der Waals surface area contributed by atoms with Crippen LogP contribution in [-0.4, -0.2) is 18.3 Å². The molecule has 0 aliphatic heterocycles. The molecule has 0 spiro atoms. The van der Waals surface area contributed by atoms with Gasteiger partial charge in [-0.1, -0.05) is 42.5 Å². The Morgan fingerprint density at radius 1 is 1.05 bits per heavy atom. The van der Waals surface area contributed by atoms with Crippen LogP contribution in [0.5, 0.6) is 5.75 Å². The van der Waals surface area contributed by atoms with E-state index in [0.717, 1.165) is 5.56 Å². The summed E-state index contributed by atoms with van der Waals surface area (Å²) in [4.78, 5) is 0. The van der Waals surface area contributed by atoms with Crippen molar-refractivity contribution in [1.82, 2.24) is 0 Å². The highest BCUT2D eigenvalue weighted by Crippen LogP contribution is 2.24. The first-order chi connectivity index (χ1) is 9.65. The Kier molecular flexibility index (Phi) is 4.71.